The average Bonchev–Trinajstić information content (AvgIpc) is 2.53. The summed E-state index contributed by atoms with van der Waals surface area (Å²) < 4.78 is 1.01. The van der Waals surface area contributed by atoms with E-state index in [4.69, 9.17) is 0 Å². The fourth-order valence-corrected chi connectivity index (χ4v) is 1.85. The SMILES string of the molecule is O=C1CCN(Cc2ccc(Br)cc2)C1=O. The van der Waals surface area contributed by atoms with E-state index in [0.717, 1.165) is 10.0 Å². The molecular formula is C11H10BrNO2. The number of benzene rings is 1. The Morgan fingerprint density at radius 1 is 1.20 bits per heavy atom. The number of nitrogens with zero attached hydrogens (tertiary/aromatic N) is 1. The van der Waals surface area contributed by atoms with Gasteiger partial charge in [-0.25, -0.2) is 0 Å². The normalized spacial score (nSPS) is 16.2. The molecule has 1 aliphatic heterocycles. The molecule has 0 bridgehead atoms. The van der Waals surface area contributed by atoms with E-state index < -0.39 is 0 Å². The van der Waals surface area contributed by atoms with Crippen molar-refractivity contribution in [2.24, 2.45) is 0 Å². The summed E-state index contributed by atoms with van der Waals surface area (Å²) in [5, 5.41) is 0. The summed E-state index contributed by atoms with van der Waals surface area (Å²) in [5.74, 6) is -0.620. The Hall–Kier alpha value is -1.16. The van der Waals surface area contributed by atoms with Gasteiger partial charge in [-0.05, 0) is 17.7 Å². The van der Waals surface area contributed by atoms with Crippen LogP contribution in [-0.2, 0) is 16.1 Å². The molecule has 1 aliphatic rings. The second-order valence-corrected chi connectivity index (χ2v) is 4.44. The lowest BCUT2D eigenvalue weighted by atomic mass is 10.2. The maximum Gasteiger partial charge on any atom is 0.290 e. The van der Waals surface area contributed by atoms with Gasteiger partial charge in [0.2, 0.25) is 5.78 Å². The lowest BCUT2D eigenvalue weighted by Crippen LogP contribution is -2.26. The Kier molecular flexibility index (Phi) is 2.86. The summed E-state index contributed by atoms with van der Waals surface area (Å²) in [6.45, 7) is 1.07. The van der Waals surface area contributed by atoms with E-state index in [-0.39, 0.29) is 11.7 Å². The van der Waals surface area contributed by atoms with Crippen LogP contribution in [0.2, 0.25) is 0 Å². The summed E-state index contributed by atoms with van der Waals surface area (Å²) in [7, 11) is 0. The number of ketones is 1. The highest BCUT2D eigenvalue weighted by Crippen LogP contribution is 2.15. The van der Waals surface area contributed by atoms with Crippen molar-refractivity contribution in [1.82, 2.24) is 4.90 Å². The molecule has 1 heterocycles. The number of amides is 1. The van der Waals surface area contributed by atoms with Crippen LogP contribution in [0.1, 0.15) is 12.0 Å². The van der Waals surface area contributed by atoms with Crippen molar-refractivity contribution >= 4 is 27.6 Å². The van der Waals surface area contributed by atoms with E-state index in [9.17, 15) is 9.59 Å². The van der Waals surface area contributed by atoms with Crippen LogP contribution >= 0.6 is 15.9 Å². The number of rotatable bonds is 2. The van der Waals surface area contributed by atoms with E-state index in [0.29, 0.717) is 19.5 Å². The summed E-state index contributed by atoms with van der Waals surface area (Å²) in [5.41, 5.74) is 1.04. The molecule has 4 heteroatoms. The van der Waals surface area contributed by atoms with Gasteiger partial charge in [-0.1, -0.05) is 28.1 Å². The van der Waals surface area contributed by atoms with Crippen molar-refractivity contribution in [1.29, 1.82) is 0 Å². The average molecular weight is 268 g/mol. The number of carbonyl (C=O) groups is 2. The van der Waals surface area contributed by atoms with Gasteiger partial charge >= 0.3 is 0 Å². The molecular weight excluding hydrogens is 258 g/mol. The third-order valence-electron chi connectivity index (χ3n) is 2.42. The quantitative estimate of drug-likeness (QED) is 0.766. The second-order valence-electron chi connectivity index (χ2n) is 3.53. The highest BCUT2D eigenvalue weighted by atomic mass is 79.9. The molecule has 0 spiro atoms. The number of carbonyl (C=O) groups excluding carboxylic acids is 2. The molecule has 1 aromatic rings. The van der Waals surface area contributed by atoms with E-state index in [1.54, 1.807) is 4.90 Å². The summed E-state index contributed by atoms with van der Waals surface area (Å²) in [6, 6.07) is 7.75. The van der Waals surface area contributed by atoms with Crippen LogP contribution in [0.25, 0.3) is 0 Å². The molecule has 1 amide bonds. The van der Waals surface area contributed by atoms with Crippen molar-refractivity contribution < 1.29 is 9.59 Å². The van der Waals surface area contributed by atoms with Gasteiger partial charge in [0.1, 0.15) is 0 Å². The Morgan fingerprint density at radius 2 is 1.87 bits per heavy atom. The molecule has 3 nitrogen and oxygen atoms in total. The Labute approximate surface area is 96.2 Å². The van der Waals surface area contributed by atoms with Gasteiger partial charge in [0.05, 0.1) is 0 Å². The zero-order valence-electron chi connectivity index (χ0n) is 8.07. The number of hydrogen-bond donors (Lipinski definition) is 0. The van der Waals surface area contributed by atoms with E-state index in [1.165, 1.54) is 0 Å². The number of likely N-dealkylation sites (tertiary alicyclic amines) is 1. The molecule has 0 radical (unpaired) electrons. The predicted molar refractivity (Wildman–Crippen MR) is 59.2 cm³/mol. The summed E-state index contributed by atoms with van der Waals surface area (Å²) >= 11 is 3.34. The zero-order valence-corrected chi connectivity index (χ0v) is 9.66. The van der Waals surface area contributed by atoms with Gasteiger partial charge in [0.25, 0.3) is 5.91 Å². The molecule has 78 valence electrons. The van der Waals surface area contributed by atoms with Crippen molar-refractivity contribution in [3.63, 3.8) is 0 Å². The third kappa shape index (κ3) is 2.26. The molecule has 0 aliphatic carbocycles. The minimum Gasteiger partial charge on any atom is -0.331 e. The molecule has 0 saturated carbocycles. The smallest absolute Gasteiger partial charge is 0.290 e. The van der Waals surface area contributed by atoms with Crippen molar-refractivity contribution in [3.05, 3.63) is 34.3 Å². The molecule has 0 unspecified atom stereocenters. The van der Waals surface area contributed by atoms with Crippen LogP contribution in [-0.4, -0.2) is 23.1 Å². The first-order valence-electron chi connectivity index (χ1n) is 4.73. The van der Waals surface area contributed by atoms with Gasteiger partial charge < -0.3 is 4.90 Å². The van der Waals surface area contributed by atoms with Gasteiger partial charge in [-0.3, -0.25) is 9.59 Å². The standard InChI is InChI=1S/C11H10BrNO2/c12-9-3-1-8(2-4-9)7-13-6-5-10(14)11(13)15/h1-4H,5-7H2. The molecule has 1 aromatic carbocycles. The van der Waals surface area contributed by atoms with Crippen molar-refractivity contribution in [3.8, 4) is 0 Å². The van der Waals surface area contributed by atoms with Gasteiger partial charge in [-0.2, -0.15) is 0 Å². The molecule has 15 heavy (non-hydrogen) atoms. The Bertz CT molecular complexity index is 400. The van der Waals surface area contributed by atoms with Crippen LogP contribution in [0, 0.1) is 0 Å². The monoisotopic (exact) mass is 267 g/mol. The van der Waals surface area contributed by atoms with Crippen LogP contribution in [0.15, 0.2) is 28.7 Å². The fraction of sp³-hybridized carbons (Fsp3) is 0.273. The minimum atomic E-state index is -0.349. The lowest BCUT2D eigenvalue weighted by Gasteiger charge is -2.14. The Balaban J connectivity index is 2.06. The zero-order chi connectivity index (χ0) is 10.8. The third-order valence-corrected chi connectivity index (χ3v) is 2.95. The van der Waals surface area contributed by atoms with Crippen LogP contribution < -0.4 is 0 Å². The number of hydrogen-bond acceptors (Lipinski definition) is 2. The molecule has 1 fully saturated rings. The van der Waals surface area contributed by atoms with Crippen molar-refractivity contribution in [2.75, 3.05) is 6.54 Å². The maximum absolute atomic E-state index is 11.3. The molecule has 1 saturated heterocycles. The Morgan fingerprint density at radius 3 is 2.40 bits per heavy atom. The van der Waals surface area contributed by atoms with Gasteiger partial charge in [0, 0.05) is 24.0 Å². The molecule has 2 rings (SSSR count). The van der Waals surface area contributed by atoms with Crippen LogP contribution in [0.4, 0.5) is 0 Å². The van der Waals surface area contributed by atoms with E-state index >= 15 is 0 Å². The largest absolute Gasteiger partial charge is 0.331 e. The number of Topliss-reactive ketones (excluding diaryl/α,β-unsaturated/α-hetero) is 1. The van der Waals surface area contributed by atoms with Gasteiger partial charge in [0.15, 0.2) is 0 Å². The van der Waals surface area contributed by atoms with Crippen LogP contribution in [0.5, 0.6) is 0 Å². The fourth-order valence-electron chi connectivity index (χ4n) is 1.58. The van der Waals surface area contributed by atoms with E-state index in [1.807, 2.05) is 24.3 Å². The highest BCUT2D eigenvalue weighted by molar-refractivity contribution is 9.10. The van der Waals surface area contributed by atoms with Crippen molar-refractivity contribution in [2.45, 2.75) is 13.0 Å². The summed E-state index contributed by atoms with van der Waals surface area (Å²) in [6.07, 6.45) is 0.357. The second kappa shape index (κ2) is 4.14. The first-order chi connectivity index (χ1) is 7.16. The molecule has 0 N–H and O–H groups in total. The minimum absolute atomic E-state index is 0.271. The predicted octanol–water partition coefficient (Wildman–Crippen LogP) is 1.75. The van der Waals surface area contributed by atoms with E-state index in [2.05, 4.69) is 15.9 Å². The molecule has 0 aromatic heterocycles. The van der Waals surface area contributed by atoms with Crippen LogP contribution in [0.3, 0.4) is 0 Å². The number of halogens is 1. The first kappa shape index (κ1) is 10.4. The topological polar surface area (TPSA) is 37.4 Å². The maximum atomic E-state index is 11.3. The first-order valence-corrected chi connectivity index (χ1v) is 5.52. The lowest BCUT2D eigenvalue weighted by molar-refractivity contribution is -0.140. The summed E-state index contributed by atoms with van der Waals surface area (Å²) in [4.78, 5) is 24.0. The molecule has 0 atom stereocenters. The highest BCUT2D eigenvalue weighted by Gasteiger charge is 2.28. The van der Waals surface area contributed by atoms with Gasteiger partial charge in [-0.15, -0.1) is 0 Å².